The van der Waals surface area contributed by atoms with Crippen LogP contribution in [0, 0.1) is 16.7 Å². The van der Waals surface area contributed by atoms with Gasteiger partial charge < -0.3 is 5.32 Å². The van der Waals surface area contributed by atoms with Gasteiger partial charge in [-0.25, -0.2) is 0 Å². The Labute approximate surface area is 108 Å². The highest BCUT2D eigenvalue weighted by atomic mass is 16.2. The molecule has 3 nitrogen and oxygen atoms in total. The van der Waals surface area contributed by atoms with Crippen LogP contribution in [-0.2, 0) is 11.2 Å². The first kappa shape index (κ1) is 12.6. The molecule has 1 amide bonds. The second kappa shape index (κ2) is 4.81. The number of aryl methyl sites for hydroxylation is 1. The summed E-state index contributed by atoms with van der Waals surface area (Å²) in [4.78, 5) is 12.2. The molecule has 0 fully saturated rings. The molecule has 0 saturated heterocycles. The summed E-state index contributed by atoms with van der Waals surface area (Å²) in [7, 11) is 0. The van der Waals surface area contributed by atoms with Crippen molar-refractivity contribution in [3.05, 3.63) is 35.4 Å². The zero-order valence-electron chi connectivity index (χ0n) is 10.9. The quantitative estimate of drug-likeness (QED) is 0.886. The first-order valence-electron chi connectivity index (χ1n) is 6.40. The maximum atomic E-state index is 12.2. The van der Waals surface area contributed by atoms with Gasteiger partial charge in [0.2, 0.25) is 5.91 Å². The summed E-state index contributed by atoms with van der Waals surface area (Å²) >= 11 is 0. The standard InChI is InChI=1S/C15H18N2O/c1-3-15(2,10-16)14(18)17-13-9-8-11-6-4-5-7-12(11)13/h4-7,13H,3,8-9H2,1-2H3,(H,17,18). The first-order valence-corrected chi connectivity index (χ1v) is 6.40. The summed E-state index contributed by atoms with van der Waals surface area (Å²) in [6.07, 6.45) is 2.45. The fourth-order valence-corrected chi connectivity index (χ4v) is 2.31. The van der Waals surface area contributed by atoms with E-state index in [0.29, 0.717) is 6.42 Å². The van der Waals surface area contributed by atoms with Gasteiger partial charge in [-0.15, -0.1) is 0 Å². The summed E-state index contributed by atoms with van der Waals surface area (Å²) in [5.41, 5.74) is 1.58. The molecule has 3 heteroatoms. The SMILES string of the molecule is CCC(C)(C#N)C(=O)NC1CCc2ccccc21. The van der Waals surface area contributed by atoms with E-state index in [9.17, 15) is 4.79 Å². The van der Waals surface area contributed by atoms with E-state index >= 15 is 0 Å². The molecule has 0 bridgehead atoms. The van der Waals surface area contributed by atoms with Gasteiger partial charge in [0.1, 0.15) is 5.41 Å². The van der Waals surface area contributed by atoms with Gasteiger partial charge in [0.25, 0.3) is 0 Å². The number of nitrogens with one attached hydrogen (secondary N) is 1. The van der Waals surface area contributed by atoms with Crippen molar-refractivity contribution >= 4 is 5.91 Å². The van der Waals surface area contributed by atoms with Crippen LogP contribution in [0.15, 0.2) is 24.3 Å². The lowest BCUT2D eigenvalue weighted by Crippen LogP contribution is -2.39. The van der Waals surface area contributed by atoms with Crippen molar-refractivity contribution in [3.8, 4) is 6.07 Å². The van der Waals surface area contributed by atoms with Gasteiger partial charge in [0.05, 0.1) is 12.1 Å². The van der Waals surface area contributed by atoms with E-state index in [-0.39, 0.29) is 11.9 Å². The van der Waals surface area contributed by atoms with Crippen LogP contribution in [0.2, 0.25) is 0 Å². The number of rotatable bonds is 3. The number of benzene rings is 1. The van der Waals surface area contributed by atoms with Crippen LogP contribution in [0.4, 0.5) is 0 Å². The molecule has 1 aliphatic carbocycles. The molecule has 1 N–H and O–H groups in total. The first-order chi connectivity index (χ1) is 8.60. The van der Waals surface area contributed by atoms with E-state index < -0.39 is 5.41 Å². The molecule has 0 heterocycles. The maximum absolute atomic E-state index is 12.2. The Morgan fingerprint density at radius 1 is 1.56 bits per heavy atom. The fourth-order valence-electron chi connectivity index (χ4n) is 2.31. The molecular formula is C15H18N2O. The lowest BCUT2D eigenvalue weighted by Gasteiger charge is -2.22. The molecule has 1 aliphatic rings. The summed E-state index contributed by atoms with van der Waals surface area (Å²) < 4.78 is 0. The minimum atomic E-state index is -0.919. The van der Waals surface area contributed by atoms with E-state index in [1.54, 1.807) is 6.92 Å². The Kier molecular flexibility index (Phi) is 3.38. The average molecular weight is 242 g/mol. The number of nitrogens with zero attached hydrogens (tertiary/aromatic N) is 1. The Balaban J connectivity index is 2.14. The molecular weight excluding hydrogens is 224 g/mol. The molecule has 2 unspecified atom stereocenters. The van der Waals surface area contributed by atoms with E-state index in [1.807, 2.05) is 19.1 Å². The van der Waals surface area contributed by atoms with Crippen LogP contribution in [0.5, 0.6) is 0 Å². The molecule has 1 aromatic rings. The lowest BCUT2D eigenvalue weighted by atomic mass is 9.88. The van der Waals surface area contributed by atoms with Gasteiger partial charge in [-0.2, -0.15) is 5.26 Å². The predicted octanol–water partition coefficient (Wildman–Crippen LogP) is 2.73. The molecule has 0 spiro atoms. The summed E-state index contributed by atoms with van der Waals surface area (Å²) in [6, 6.07) is 10.4. The van der Waals surface area contributed by atoms with Crippen molar-refractivity contribution in [2.75, 3.05) is 0 Å². The van der Waals surface area contributed by atoms with E-state index in [0.717, 1.165) is 12.8 Å². The minimum Gasteiger partial charge on any atom is -0.348 e. The molecule has 0 aliphatic heterocycles. The molecule has 2 atom stereocenters. The van der Waals surface area contributed by atoms with Gasteiger partial charge in [-0.3, -0.25) is 4.79 Å². The molecule has 2 rings (SSSR count). The van der Waals surface area contributed by atoms with Crippen LogP contribution in [0.1, 0.15) is 43.9 Å². The second-order valence-corrected chi connectivity index (χ2v) is 5.06. The van der Waals surface area contributed by atoms with E-state index in [2.05, 4.69) is 23.5 Å². The van der Waals surface area contributed by atoms with Crippen LogP contribution >= 0.6 is 0 Å². The number of carbonyl (C=O) groups is 1. The number of amides is 1. The highest BCUT2D eigenvalue weighted by Gasteiger charge is 2.34. The van der Waals surface area contributed by atoms with Gasteiger partial charge in [0.15, 0.2) is 0 Å². The summed E-state index contributed by atoms with van der Waals surface area (Å²) in [5, 5.41) is 12.1. The van der Waals surface area contributed by atoms with Crippen molar-refractivity contribution in [3.63, 3.8) is 0 Å². The Hall–Kier alpha value is -1.82. The Morgan fingerprint density at radius 2 is 2.28 bits per heavy atom. The molecule has 18 heavy (non-hydrogen) atoms. The van der Waals surface area contributed by atoms with Crippen LogP contribution in [0.25, 0.3) is 0 Å². The number of hydrogen-bond donors (Lipinski definition) is 1. The normalized spacial score (nSPS) is 20.6. The number of hydrogen-bond acceptors (Lipinski definition) is 2. The van der Waals surface area contributed by atoms with Crippen molar-refractivity contribution in [1.82, 2.24) is 5.32 Å². The van der Waals surface area contributed by atoms with Gasteiger partial charge in [-0.05, 0) is 37.3 Å². The minimum absolute atomic E-state index is 0.0629. The second-order valence-electron chi connectivity index (χ2n) is 5.06. The average Bonchev–Trinajstić information content (AvgIpc) is 2.81. The lowest BCUT2D eigenvalue weighted by molar-refractivity contribution is -0.128. The van der Waals surface area contributed by atoms with Gasteiger partial charge >= 0.3 is 0 Å². The highest BCUT2D eigenvalue weighted by Crippen LogP contribution is 2.32. The fraction of sp³-hybridized carbons (Fsp3) is 0.467. The Bertz CT molecular complexity index is 503. The summed E-state index contributed by atoms with van der Waals surface area (Å²) in [6.45, 7) is 3.56. The van der Waals surface area contributed by atoms with Crippen LogP contribution in [0.3, 0.4) is 0 Å². The number of fused-ring (bicyclic) bond motifs is 1. The van der Waals surface area contributed by atoms with Crippen LogP contribution < -0.4 is 5.32 Å². The monoisotopic (exact) mass is 242 g/mol. The van der Waals surface area contributed by atoms with Crippen LogP contribution in [-0.4, -0.2) is 5.91 Å². The maximum Gasteiger partial charge on any atom is 0.240 e. The number of nitriles is 1. The third-order valence-corrected chi connectivity index (χ3v) is 3.89. The van der Waals surface area contributed by atoms with Crippen molar-refractivity contribution in [2.45, 2.75) is 39.2 Å². The molecule has 0 radical (unpaired) electrons. The molecule has 1 aromatic carbocycles. The highest BCUT2D eigenvalue weighted by molar-refractivity contribution is 5.85. The van der Waals surface area contributed by atoms with Crippen molar-refractivity contribution in [2.24, 2.45) is 5.41 Å². The topological polar surface area (TPSA) is 52.9 Å². The van der Waals surface area contributed by atoms with Crippen molar-refractivity contribution < 1.29 is 4.79 Å². The van der Waals surface area contributed by atoms with Gasteiger partial charge in [0, 0.05) is 0 Å². The Morgan fingerprint density at radius 3 is 2.94 bits per heavy atom. The molecule has 0 saturated carbocycles. The summed E-state index contributed by atoms with van der Waals surface area (Å²) in [5.74, 6) is -0.158. The third kappa shape index (κ3) is 2.11. The smallest absolute Gasteiger partial charge is 0.240 e. The van der Waals surface area contributed by atoms with Gasteiger partial charge in [-0.1, -0.05) is 31.2 Å². The van der Waals surface area contributed by atoms with Crippen molar-refractivity contribution in [1.29, 1.82) is 5.26 Å². The number of carbonyl (C=O) groups excluding carboxylic acids is 1. The zero-order chi connectivity index (χ0) is 13.2. The van der Waals surface area contributed by atoms with E-state index in [4.69, 9.17) is 5.26 Å². The van der Waals surface area contributed by atoms with E-state index in [1.165, 1.54) is 11.1 Å². The zero-order valence-corrected chi connectivity index (χ0v) is 10.9. The molecule has 94 valence electrons. The largest absolute Gasteiger partial charge is 0.348 e. The molecule has 0 aromatic heterocycles. The predicted molar refractivity (Wildman–Crippen MR) is 69.7 cm³/mol. The third-order valence-electron chi connectivity index (χ3n) is 3.89.